The van der Waals surface area contributed by atoms with Gasteiger partial charge in [-0.05, 0) is 27.2 Å². The second-order valence-electron chi connectivity index (χ2n) is 4.61. The summed E-state index contributed by atoms with van der Waals surface area (Å²) in [4.78, 5) is 8.43. The number of hydrogen-bond donors (Lipinski definition) is 1. The van der Waals surface area contributed by atoms with E-state index in [0.717, 1.165) is 24.4 Å². The maximum Gasteiger partial charge on any atom is 0.130 e. The predicted molar refractivity (Wildman–Crippen MR) is 69.0 cm³/mol. The van der Waals surface area contributed by atoms with Crippen molar-refractivity contribution < 1.29 is 0 Å². The van der Waals surface area contributed by atoms with Crippen molar-refractivity contribution in [3.8, 4) is 0 Å². The molecule has 0 fully saturated rings. The summed E-state index contributed by atoms with van der Waals surface area (Å²) >= 11 is 6.11. The lowest BCUT2D eigenvalue weighted by atomic mass is 10.0. The molecule has 0 aliphatic rings. The first-order valence-corrected chi connectivity index (χ1v) is 6.12. The molecule has 0 saturated carbocycles. The first-order valence-electron chi connectivity index (χ1n) is 5.69. The molecule has 0 spiro atoms. The third-order valence-corrected chi connectivity index (χ3v) is 3.22. The molecule has 1 aromatic rings. The summed E-state index contributed by atoms with van der Waals surface area (Å²) in [7, 11) is 0. The van der Waals surface area contributed by atoms with Crippen molar-refractivity contribution in [3.05, 3.63) is 18.1 Å². The Bertz CT molecular complexity index is 337. The summed E-state index contributed by atoms with van der Waals surface area (Å²) in [6.45, 7) is 8.24. The van der Waals surface area contributed by atoms with Gasteiger partial charge >= 0.3 is 0 Å². The number of aromatic nitrogens is 2. The molecule has 0 radical (unpaired) electrons. The Kier molecular flexibility index (Phi) is 4.54. The van der Waals surface area contributed by atoms with Crippen LogP contribution < -0.4 is 5.32 Å². The quantitative estimate of drug-likeness (QED) is 0.805. The lowest BCUT2D eigenvalue weighted by Gasteiger charge is -2.29. The molecule has 1 heterocycles. The number of anilines is 1. The number of hydrogen-bond acceptors (Lipinski definition) is 3. The van der Waals surface area contributed by atoms with Crippen LogP contribution in [-0.2, 0) is 6.42 Å². The van der Waals surface area contributed by atoms with Gasteiger partial charge in [-0.2, -0.15) is 0 Å². The zero-order chi connectivity index (χ0) is 12.2. The molecule has 90 valence electrons. The largest absolute Gasteiger partial charge is 0.364 e. The molecule has 0 bridgehead atoms. The van der Waals surface area contributed by atoms with Gasteiger partial charge in [-0.3, -0.25) is 0 Å². The van der Waals surface area contributed by atoms with E-state index in [1.165, 1.54) is 0 Å². The minimum atomic E-state index is -0.181. The molecule has 0 saturated heterocycles. The van der Waals surface area contributed by atoms with Gasteiger partial charge in [0.15, 0.2) is 0 Å². The average Bonchev–Trinajstić information content (AvgIpc) is 2.17. The lowest BCUT2D eigenvalue weighted by molar-refractivity contribution is 0.552. The summed E-state index contributed by atoms with van der Waals surface area (Å²) < 4.78 is 0. The van der Waals surface area contributed by atoms with E-state index in [-0.39, 0.29) is 10.9 Å². The third-order valence-electron chi connectivity index (χ3n) is 2.67. The summed E-state index contributed by atoms with van der Waals surface area (Å²) in [5, 5.41) is 3.36. The minimum Gasteiger partial charge on any atom is -0.364 e. The topological polar surface area (TPSA) is 37.8 Å². The van der Waals surface area contributed by atoms with Crippen LogP contribution in [0.25, 0.3) is 0 Å². The first kappa shape index (κ1) is 13.2. The van der Waals surface area contributed by atoms with Gasteiger partial charge in [0.05, 0.1) is 5.38 Å². The SMILES string of the molecule is CCCc1cc(NC(C)(C)C(C)Cl)ncn1. The van der Waals surface area contributed by atoms with Crippen molar-refractivity contribution in [2.45, 2.75) is 51.5 Å². The van der Waals surface area contributed by atoms with Gasteiger partial charge in [-0.1, -0.05) is 13.3 Å². The number of alkyl halides is 1. The summed E-state index contributed by atoms with van der Waals surface area (Å²) in [5.74, 6) is 0.843. The fourth-order valence-electron chi connectivity index (χ4n) is 1.29. The van der Waals surface area contributed by atoms with Crippen LogP contribution in [0.3, 0.4) is 0 Å². The number of aryl methyl sites for hydroxylation is 1. The highest BCUT2D eigenvalue weighted by atomic mass is 35.5. The number of nitrogens with zero attached hydrogens (tertiary/aromatic N) is 2. The zero-order valence-electron chi connectivity index (χ0n) is 10.4. The fourth-order valence-corrected chi connectivity index (χ4v) is 1.34. The molecule has 1 atom stereocenters. The van der Waals surface area contributed by atoms with Crippen molar-refractivity contribution in [1.82, 2.24) is 9.97 Å². The molecule has 1 unspecified atom stereocenters. The minimum absolute atomic E-state index is 0.0251. The van der Waals surface area contributed by atoms with Gasteiger partial charge < -0.3 is 5.32 Å². The molecule has 0 amide bonds. The predicted octanol–water partition coefficient (Wildman–Crippen LogP) is 3.25. The molecule has 0 aliphatic carbocycles. The van der Waals surface area contributed by atoms with Gasteiger partial charge in [0, 0.05) is 17.3 Å². The van der Waals surface area contributed by atoms with Crippen molar-refractivity contribution in [3.63, 3.8) is 0 Å². The molecular formula is C12H20ClN3. The van der Waals surface area contributed by atoms with Crippen LogP contribution in [0.2, 0.25) is 0 Å². The van der Waals surface area contributed by atoms with E-state index in [2.05, 4.69) is 36.1 Å². The van der Waals surface area contributed by atoms with E-state index in [1.807, 2.05) is 13.0 Å². The van der Waals surface area contributed by atoms with E-state index in [1.54, 1.807) is 6.33 Å². The summed E-state index contributed by atoms with van der Waals surface area (Å²) in [5.41, 5.74) is 0.886. The Morgan fingerprint density at radius 1 is 1.44 bits per heavy atom. The van der Waals surface area contributed by atoms with Crippen molar-refractivity contribution in [2.75, 3.05) is 5.32 Å². The number of rotatable bonds is 5. The van der Waals surface area contributed by atoms with E-state index < -0.39 is 0 Å². The second kappa shape index (κ2) is 5.48. The Hall–Kier alpha value is -0.830. The summed E-state index contributed by atoms with van der Waals surface area (Å²) in [6.07, 6.45) is 3.67. The van der Waals surface area contributed by atoms with Crippen molar-refractivity contribution >= 4 is 17.4 Å². The maximum absolute atomic E-state index is 6.11. The highest BCUT2D eigenvalue weighted by Crippen LogP contribution is 2.20. The molecule has 0 aliphatic heterocycles. The van der Waals surface area contributed by atoms with Crippen LogP contribution in [0.15, 0.2) is 12.4 Å². The van der Waals surface area contributed by atoms with Gasteiger partial charge in [0.1, 0.15) is 12.1 Å². The van der Waals surface area contributed by atoms with Crippen molar-refractivity contribution in [1.29, 1.82) is 0 Å². The Balaban J connectivity index is 2.77. The smallest absolute Gasteiger partial charge is 0.130 e. The molecular weight excluding hydrogens is 222 g/mol. The lowest BCUT2D eigenvalue weighted by Crippen LogP contribution is -2.39. The van der Waals surface area contributed by atoms with Gasteiger partial charge in [-0.25, -0.2) is 9.97 Å². The molecule has 1 rings (SSSR count). The molecule has 3 nitrogen and oxygen atoms in total. The van der Waals surface area contributed by atoms with Crippen LogP contribution in [0.1, 0.15) is 39.8 Å². The normalized spacial score (nSPS) is 13.6. The fraction of sp³-hybridized carbons (Fsp3) is 0.667. The Labute approximate surface area is 103 Å². The van der Waals surface area contributed by atoms with Crippen LogP contribution in [0.5, 0.6) is 0 Å². The van der Waals surface area contributed by atoms with Gasteiger partial charge in [-0.15, -0.1) is 11.6 Å². The molecule has 0 aromatic carbocycles. The molecule has 4 heteroatoms. The zero-order valence-corrected chi connectivity index (χ0v) is 11.2. The molecule has 1 N–H and O–H groups in total. The monoisotopic (exact) mass is 241 g/mol. The Morgan fingerprint density at radius 2 is 2.12 bits per heavy atom. The Morgan fingerprint density at radius 3 is 2.69 bits per heavy atom. The summed E-state index contributed by atoms with van der Waals surface area (Å²) in [6, 6.07) is 1.99. The van der Waals surface area contributed by atoms with Crippen LogP contribution in [0, 0.1) is 0 Å². The maximum atomic E-state index is 6.11. The number of halogens is 1. The highest BCUT2D eigenvalue weighted by molar-refractivity contribution is 6.21. The van der Waals surface area contributed by atoms with Crippen molar-refractivity contribution in [2.24, 2.45) is 0 Å². The van der Waals surface area contributed by atoms with E-state index >= 15 is 0 Å². The van der Waals surface area contributed by atoms with Crippen LogP contribution >= 0.6 is 11.6 Å². The highest BCUT2D eigenvalue weighted by Gasteiger charge is 2.24. The van der Waals surface area contributed by atoms with Crippen LogP contribution in [-0.4, -0.2) is 20.9 Å². The standard InChI is InChI=1S/C12H20ClN3/c1-5-6-10-7-11(15-8-14-10)16-12(3,4)9(2)13/h7-9H,5-6H2,1-4H3,(H,14,15,16). The second-order valence-corrected chi connectivity index (χ2v) is 5.26. The average molecular weight is 242 g/mol. The van der Waals surface area contributed by atoms with E-state index in [0.29, 0.717) is 0 Å². The van der Waals surface area contributed by atoms with Crippen LogP contribution in [0.4, 0.5) is 5.82 Å². The van der Waals surface area contributed by atoms with E-state index in [4.69, 9.17) is 11.6 Å². The van der Waals surface area contributed by atoms with Gasteiger partial charge in [0.2, 0.25) is 0 Å². The molecule has 1 aromatic heterocycles. The van der Waals surface area contributed by atoms with Gasteiger partial charge in [0.25, 0.3) is 0 Å². The first-order chi connectivity index (χ1) is 7.45. The third kappa shape index (κ3) is 3.63. The van der Waals surface area contributed by atoms with E-state index in [9.17, 15) is 0 Å². The molecule has 16 heavy (non-hydrogen) atoms. The number of nitrogens with one attached hydrogen (secondary N) is 1.